The number of imidazole rings is 1. The molecule has 2 aliphatic rings. The van der Waals surface area contributed by atoms with E-state index in [1.807, 2.05) is 17.9 Å². The molecule has 1 saturated heterocycles. The summed E-state index contributed by atoms with van der Waals surface area (Å²) in [6.07, 6.45) is 6.92. The first-order valence-corrected chi connectivity index (χ1v) is 20.9. The van der Waals surface area contributed by atoms with Crippen molar-refractivity contribution in [3.8, 4) is 0 Å². The fraction of sp³-hybridized carbons (Fsp3) is 0.581. The maximum Gasteiger partial charge on any atom is 0.285 e. The van der Waals surface area contributed by atoms with Crippen LogP contribution >= 0.6 is 39.7 Å². The van der Waals surface area contributed by atoms with Crippen LogP contribution in [-0.2, 0) is 21.1 Å². The average Bonchev–Trinajstić information content (AvgIpc) is 3.77. The van der Waals surface area contributed by atoms with Gasteiger partial charge in [0.2, 0.25) is 5.91 Å². The van der Waals surface area contributed by atoms with E-state index in [2.05, 4.69) is 54.7 Å². The van der Waals surface area contributed by atoms with Gasteiger partial charge >= 0.3 is 0 Å². The van der Waals surface area contributed by atoms with E-state index in [0.717, 1.165) is 25.7 Å². The monoisotopic (exact) mass is 758 g/mol. The zero-order valence-corrected chi connectivity index (χ0v) is 33.1. The maximum atomic E-state index is 14.1. The number of hydrogen-bond donors (Lipinski definition) is 2. The molecule has 260 valence electrons. The minimum Gasteiger partial charge on any atom is -0.341 e. The van der Waals surface area contributed by atoms with Gasteiger partial charge < -0.3 is 9.88 Å². The topological polar surface area (TPSA) is 151 Å². The molecule has 3 heterocycles. The number of carbonyl (C=O) groups is 2. The Balaban J connectivity index is 1.49. The molecule has 4 radical (unpaired) electrons. The van der Waals surface area contributed by atoms with Crippen LogP contribution in [0.5, 0.6) is 0 Å². The number of H-pyrrole nitrogens is 1. The fourth-order valence-electron chi connectivity index (χ4n) is 6.35. The standard InChI is InChI=1S/C31H43B2N6O5P3S2/c1-4-20-25(37-44-36-20)28(40)38-48-26(17-10-12-31(33,47)13-11-17)27-34-21-9-8-18(23(32)24(21)35-27)19(7-6-14-49(42,43)5-2)29(41)39-15-22(45)30(3,46)16-39/h6-9,17,19,22,26H,4-5,10-16,45-47H2,1-3H3,(H,34,35)(H,38,40). The van der Waals surface area contributed by atoms with Crippen molar-refractivity contribution in [1.29, 1.82) is 0 Å². The van der Waals surface area contributed by atoms with Crippen molar-refractivity contribution in [2.75, 3.05) is 24.6 Å². The SMILES string of the molecule is [B]c1c(C(C=CCS(=O)(=O)CC)C(=O)N2CC(P)C(C)(P)C2)ccc2[nH]c(C(SNC(=O)c3nonc3CC)C3CCC([B])(P)CC3)nc12. The highest BCUT2D eigenvalue weighted by Gasteiger charge is 2.41. The molecule has 0 spiro atoms. The van der Waals surface area contributed by atoms with Gasteiger partial charge in [-0.05, 0) is 53.9 Å². The molecule has 2 fully saturated rings. The first-order chi connectivity index (χ1) is 23.1. The molecule has 49 heavy (non-hydrogen) atoms. The van der Waals surface area contributed by atoms with Gasteiger partial charge in [0.25, 0.3) is 5.91 Å². The summed E-state index contributed by atoms with van der Waals surface area (Å²) >= 11 is 1.25. The van der Waals surface area contributed by atoms with Crippen molar-refractivity contribution in [2.24, 2.45) is 5.92 Å². The first-order valence-electron chi connectivity index (χ1n) is 16.4. The highest BCUT2D eigenvalue weighted by Crippen LogP contribution is 2.46. The molecule has 11 nitrogen and oxygen atoms in total. The molecular weight excluding hydrogens is 715 g/mol. The Morgan fingerprint density at radius 1 is 1.24 bits per heavy atom. The van der Waals surface area contributed by atoms with E-state index in [1.54, 1.807) is 25.1 Å². The maximum absolute atomic E-state index is 14.1. The predicted octanol–water partition coefficient (Wildman–Crippen LogP) is 3.15. The number of likely N-dealkylation sites (tertiary alicyclic amines) is 1. The van der Waals surface area contributed by atoms with Crippen LogP contribution in [0.4, 0.5) is 0 Å². The van der Waals surface area contributed by atoms with Gasteiger partial charge in [0.1, 0.15) is 19.4 Å². The molecule has 1 aliphatic heterocycles. The summed E-state index contributed by atoms with van der Waals surface area (Å²) in [7, 11) is 18.4. The van der Waals surface area contributed by atoms with Gasteiger partial charge in [0, 0.05) is 29.7 Å². The molecule has 3 aromatic rings. The molecule has 1 aromatic carbocycles. The molecule has 7 unspecified atom stereocenters. The Hall–Kier alpha value is -1.77. The summed E-state index contributed by atoms with van der Waals surface area (Å²) < 4.78 is 32.3. The van der Waals surface area contributed by atoms with Crippen LogP contribution in [0.3, 0.4) is 0 Å². The average molecular weight is 758 g/mol. The number of nitrogens with zero attached hydrogens (tertiary/aromatic N) is 4. The molecule has 0 bridgehead atoms. The van der Waals surface area contributed by atoms with Gasteiger partial charge in [-0.1, -0.05) is 67.5 Å². The van der Waals surface area contributed by atoms with Crippen molar-refractivity contribution in [3.63, 3.8) is 0 Å². The van der Waals surface area contributed by atoms with Crippen LogP contribution in [0.15, 0.2) is 28.9 Å². The third kappa shape index (κ3) is 8.83. The number of aromatic nitrogens is 4. The minimum absolute atomic E-state index is 0.00556. The smallest absolute Gasteiger partial charge is 0.285 e. The van der Waals surface area contributed by atoms with E-state index in [9.17, 15) is 18.0 Å². The molecule has 2 aromatic heterocycles. The van der Waals surface area contributed by atoms with Crippen molar-refractivity contribution < 1.29 is 22.6 Å². The largest absolute Gasteiger partial charge is 0.341 e. The Kier molecular flexibility index (Phi) is 12.1. The summed E-state index contributed by atoms with van der Waals surface area (Å²) in [5.41, 5.74) is 2.87. The molecular formula is C31H43B2N6O5P3S2. The molecule has 1 aliphatic carbocycles. The number of sulfone groups is 1. The predicted molar refractivity (Wildman–Crippen MR) is 208 cm³/mol. The lowest BCUT2D eigenvalue weighted by Crippen LogP contribution is -2.36. The number of nitrogens with one attached hydrogen (secondary N) is 2. The van der Waals surface area contributed by atoms with E-state index in [1.165, 1.54) is 11.9 Å². The number of aromatic amines is 1. The van der Waals surface area contributed by atoms with Gasteiger partial charge in [-0.3, -0.25) is 14.3 Å². The molecule has 7 atom stereocenters. The zero-order valence-electron chi connectivity index (χ0n) is 28.0. The van der Waals surface area contributed by atoms with Crippen molar-refractivity contribution in [1.82, 2.24) is 29.9 Å². The number of fused-ring (bicyclic) bond motifs is 1. The van der Waals surface area contributed by atoms with Gasteiger partial charge in [0.05, 0.1) is 35.8 Å². The summed E-state index contributed by atoms with van der Waals surface area (Å²) in [4.78, 5) is 37.4. The summed E-state index contributed by atoms with van der Waals surface area (Å²) in [6.45, 7) is 6.64. The lowest BCUT2D eigenvalue weighted by Gasteiger charge is -2.37. The summed E-state index contributed by atoms with van der Waals surface area (Å²) in [5.74, 6) is -0.764. The van der Waals surface area contributed by atoms with E-state index in [-0.39, 0.29) is 50.1 Å². The second-order valence-corrected chi connectivity index (χ2v) is 20.1. The Labute approximate surface area is 302 Å². The van der Waals surface area contributed by atoms with Gasteiger partial charge in [-0.15, -0.1) is 27.7 Å². The fourth-order valence-corrected chi connectivity index (χ4v) is 9.03. The van der Waals surface area contributed by atoms with E-state index in [0.29, 0.717) is 53.1 Å². The molecule has 2 N–H and O–H groups in total. The van der Waals surface area contributed by atoms with Crippen molar-refractivity contribution >= 4 is 93.5 Å². The number of carbonyl (C=O) groups excluding carboxylic acids is 2. The molecule has 2 amide bonds. The highest BCUT2D eigenvalue weighted by atomic mass is 32.2. The second-order valence-electron chi connectivity index (χ2n) is 13.5. The van der Waals surface area contributed by atoms with E-state index >= 15 is 0 Å². The lowest BCUT2D eigenvalue weighted by atomic mass is 9.70. The molecule has 1 saturated carbocycles. The number of benzene rings is 1. The number of aryl methyl sites for hydroxylation is 1. The second kappa shape index (κ2) is 15.5. The van der Waals surface area contributed by atoms with Crippen LogP contribution in [0.2, 0.25) is 0 Å². The Morgan fingerprint density at radius 2 is 1.96 bits per heavy atom. The number of rotatable bonds is 12. The number of amides is 2. The number of hydrogen-bond acceptors (Lipinski definition) is 9. The van der Waals surface area contributed by atoms with Crippen LogP contribution < -0.4 is 10.2 Å². The molecule has 5 rings (SSSR count). The summed E-state index contributed by atoms with van der Waals surface area (Å²) in [5, 5.41) is 6.83. The van der Waals surface area contributed by atoms with Crippen molar-refractivity contribution in [3.05, 3.63) is 47.1 Å². The van der Waals surface area contributed by atoms with Gasteiger partial charge in [-0.25, -0.2) is 18.0 Å². The third-order valence-corrected chi connectivity index (χ3v) is 14.9. The normalized spacial score (nSPS) is 26.0. The zero-order chi connectivity index (χ0) is 35.7. The van der Waals surface area contributed by atoms with E-state index in [4.69, 9.17) is 25.3 Å². The van der Waals surface area contributed by atoms with Crippen LogP contribution in [0.1, 0.15) is 85.2 Å². The van der Waals surface area contributed by atoms with E-state index < -0.39 is 21.7 Å². The quantitative estimate of drug-likeness (QED) is 0.123. The first kappa shape index (κ1) is 38.5. The van der Waals surface area contributed by atoms with Crippen molar-refractivity contribution in [2.45, 2.75) is 79.9 Å². The highest BCUT2D eigenvalue weighted by molar-refractivity contribution is 7.98. The lowest BCUT2D eigenvalue weighted by molar-refractivity contribution is -0.130. The summed E-state index contributed by atoms with van der Waals surface area (Å²) in [6, 6.07) is 3.65. The molecule has 18 heteroatoms. The van der Waals surface area contributed by atoms with Crippen LogP contribution in [0, 0.1) is 5.92 Å². The Bertz CT molecular complexity index is 1830. The van der Waals surface area contributed by atoms with Crippen LogP contribution in [-0.4, -0.2) is 102 Å². The Morgan fingerprint density at radius 3 is 2.59 bits per heavy atom. The van der Waals surface area contributed by atoms with Gasteiger partial charge in [0.15, 0.2) is 15.5 Å². The minimum atomic E-state index is -3.29. The third-order valence-electron chi connectivity index (χ3n) is 9.62. The van der Waals surface area contributed by atoms with Crippen LogP contribution in [0.25, 0.3) is 11.0 Å². The van der Waals surface area contributed by atoms with Gasteiger partial charge in [-0.2, -0.15) is 0 Å².